The molecule has 23 heavy (non-hydrogen) atoms. The third kappa shape index (κ3) is 5.11. The number of hydrogen-bond donors (Lipinski definition) is 1. The van der Waals surface area contributed by atoms with Gasteiger partial charge in [0.05, 0.1) is 6.21 Å². The van der Waals surface area contributed by atoms with Crippen molar-refractivity contribution >= 4 is 23.7 Å². The van der Waals surface area contributed by atoms with E-state index in [1.165, 1.54) is 5.56 Å². The number of carbonyl (C=O) groups is 1. The van der Waals surface area contributed by atoms with E-state index in [1.54, 1.807) is 24.4 Å². The van der Waals surface area contributed by atoms with Crippen molar-refractivity contribution in [2.75, 3.05) is 6.61 Å². The van der Waals surface area contributed by atoms with Gasteiger partial charge in [0, 0.05) is 5.02 Å². The largest absolute Gasteiger partial charge is 0.484 e. The highest BCUT2D eigenvalue weighted by molar-refractivity contribution is 6.31. The summed E-state index contributed by atoms with van der Waals surface area (Å²) in [6.07, 6.45) is 1.62. The normalized spacial score (nSPS) is 10.8. The lowest BCUT2D eigenvalue weighted by atomic mass is 10.1. The van der Waals surface area contributed by atoms with Crippen LogP contribution in [0.1, 0.15) is 22.3 Å². The van der Waals surface area contributed by atoms with E-state index in [1.807, 2.05) is 32.9 Å². The lowest BCUT2D eigenvalue weighted by Crippen LogP contribution is -2.24. The second kappa shape index (κ2) is 7.79. The number of carbonyl (C=O) groups excluding carboxylic acids is 1. The summed E-state index contributed by atoms with van der Waals surface area (Å²) in [5.74, 6) is 0.277. The Hall–Kier alpha value is -2.33. The number of hydrazone groups is 1. The van der Waals surface area contributed by atoms with Crippen LogP contribution in [-0.4, -0.2) is 18.7 Å². The van der Waals surface area contributed by atoms with Crippen LogP contribution in [-0.2, 0) is 4.79 Å². The maximum Gasteiger partial charge on any atom is 0.277 e. The van der Waals surface area contributed by atoms with E-state index in [9.17, 15) is 4.79 Å². The van der Waals surface area contributed by atoms with Gasteiger partial charge in [-0.05, 0) is 55.7 Å². The minimum absolute atomic E-state index is 0.106. The molecule has 0 aromatic heterocycles. The Labute approximate surface area is 141 Å². The van der Waals surface area contributed by atoms with Crippen molar-refractivity contribution in [1.29, 1.82) is 0 Å². The molecule has 0 saturated heterocycles. The fourth-order valence-electron chi connectivity index (χ4n) is 2.03. The van der Waals surface area contributed by atoms with Crippen molar-refractivity contribution in [2.24, 2.45) is 5.10 Å². The quantitative estimate of drug-likeness (QED) is 0.669. The number of amides is 1. The highest BCUT2D eigenvalue weighted by Gasteiger charge is 2.03. The van der Waals surface area contributed by atoms with E-state index in [2.05, 4.69) is 16.6 Å². The van der Waals surface area contributed by atoms with Crippen LogP contribution in [0.2, 0.25) is 5.02 Å². The molecule has 0 unspecified atom stereocenters. The number of nitrogens with one attached hydrogen (secondary N) is 1. The molecule has 0 heterocycles. The zero-order chi connectivity index (χ0) is 16.8. The fourth-order valence-corrected chi connectivity index (χ4v) is 2.15. The summed E-state index contributed by atoms with van der Waals surface area (Å²) in [4.78, 5) is 11.7. The maximum absolute atomic E-state index is 11.7. The number of aryl methyl sites for hydroxylation is 3. The zero-order valence-corrected chi connectivity index (χ0v) is 14.1. The van der Waals surface area contributed by atoms with Crippen molar-refractivity contribution in [1.82, 2.24) is 5.43 Å². The number of hydrogen-bond acceptors (Lipinski definition) is 3. The maximum atomic E-state index is 11.7. The highest BCUT2D eigenvalue weighted by Crippen LogP contribution is 2.20. The molecule has 0 atom stereocenters. The van der Waals surface area contributed by atoms with E-state index < -0.39 is 0 Å². The van der Waals surface area contributed by atoms with E-state index in [4.69, 9.17) is 16.3 Å². The molecule has 0 aliphatic rings. The lowest BCUT2D eigenvalue weighted by Gasteiger charge is -2.06. The Kier molecular flexibility index (Phi) is 5.77. The number of rotatable bonds is 5. The molecule has 0 fully saturated rings. The Morgan fingerprint density at radius 1 is 1.17 bits per heavy atom. The van der Waals surface area contributed by atoms with Gasteiger partial charge in [0.25, 0.3) is 5.91 Å². The van der Waals surface area contributed by atoms with Gasteiger partial charge in [0.1, 0.15) is 5.75 Å². The lowest BCUT2D eigenvalue weighted by molar-refractivity contribution is -0.123. The van der Waals surface area contributed by atoms with Crippen molar-refractivity contribution in [3.8, 4) is 5.75 Å². The van der Waals surface area contributed by atoms with E-state index in [0.717, 1.165) is 16.7 Å². The first-order chi connectivity index (χ1) is 11.0. The van der Waals surface area contributed by atoms with Crippen LogP contribution in [0.4, 0.5) is 0 Å². The van der Waals surface area contributed by atoms with Gasteiger partial charge in [-0.15, -0.1) is 0 Å². The average Bonchev–Trinajstić information content (AvgIpc) is 2.50. The van der Waals surface area contributed by atoms with Crippen LogP contribution in [0.15, 0.2) is 41.5 Å². The molecule has 4 nitrogen and oxygen atoms in total. The van der Waals surface area contributed by atoms with Crippen LogP contribution in [0, 0.1) is 20.8 Å². The van der Waals surface area contributed by atoms with Crippen LogP contribution in [0.5, 0.6) is 5.75 Å². The topological polar surface area (TPSA) is 50.7 Å². The molecule has 0 aliphatic heterocycles. The number of halogens is 1. The molecule has 2 aromatic rings. The van der Waals surface area contributed by atoms with Crippen LogP contribution in [0.25, 0.3) is 0 Å². The second-order valence-corrected chi connectivity index (χ2v) is 5.76. The molecular weight excluding hydrogens is 312 g/mol. The first-order valence-corrected chi connectivity index (χ1v) is 7.61. The van der Waals surface area contributed by atoms with Gasteiger partial charge in [-0.3, -0.25) is 4.79 Å². The van der Waals surface area contributed by atoms with E-state index >= 15 is 0 Å². The van der Waals surface area contributed by atoms with Gasteiger partial charge in [-0.25, -0.2) is 5.43 Å². The molecule has 0 aliphatic carbocycles. The molecule has 0 saturated carbocycles. The predicted octanol–water partition coefficient (Wildman–Crippen LogP) is 3.79. The van der Waals surface area contributed by atoms with Gasteiger partial charge < -0.3 is 4.74 Å². The summed E-state index contributed by atoms with van der Waals surface area (Å²) in [6.45, 7) is 5.81. The minimum Gasteiger partial charge on any atom is -0.484 e. The van der Waals surface area contributed by atoms with Crippen molar-refractivity contribution in [3.63, 3.8) is 0 Å². The third-order valence-corrected chi connectivity index (χ3v) is 3.74. The van der Waals surface area contributed by atoms with E-state index in [0.29, 0.717) is 10.8 Å². The highest BCUT2D eigenvalue weighted by atomic mass is 35.5. The summed E-state index contributed by atoms with van der Waals surface area (Å²) in [6, 6.07) is 11.3. The van der Waals surface area contributed by atoms with E-state index in [-0.39, 0.29) is 12.5 Å². The smallest absolute Gasteiger partial charge is 0.277 e. The van der Waals surface area contributed by atoms with Gasteiger partial charge in [0.15, 0.2) is 6.61 Å². The fraction of sp³-hybridized carbons (Fsp3) is 0.222. The molecule has 5 heteroatoms. The molecule has 0 bridgehead atoms. The summed E-state index contributed by atoms with van der Waals surface area (Å²) in [5, 5.41) is 4.62. The third-order valence-electron chi connectivity index (χ3n) is 3.32. The first-order valence-electron chi connectivity index (χ1n) is 7.24. The van der Waals surface area contributed by atoms with Crippen molar-refractivity contribution in [3.05, 3.63) is 63.7 Å². The van der Waals surface area contributed by atoms with Gasteiger partial charge >= 0.3 is 0 Å². The molecule has 2 rings (SSSR count). The number of nitrogens with zero attached hydrogens (tertiary/aromatic N) is 1. The molecule has 0 radical (unpaired) electrons. The minimum atomic E-state index is -0.321. The number of benzene rings is 2. The first kappa shape index (κ1) is 17.0. The summed E-state index contributed by atoms with van der Waals surface area (Å²) in [5.41, 5.74) is 6.61. The van der Waals surface area contributed by atoms with Gasteiger partial charge in [-0.1, -0.05) is 35.4 Å². The Balaban J connectivity index is 1.85. The molecule has 0 spiro atoms. The van der Waals surface area contributed by atoms with Crippen LogP contribution < -0.4 is 10.2 Å². The molecule has 1 N–H and O–H groups in total. The van der Waals surface area contributed by atoms with Crippen molar-refractivity contribution < 1.29 is 9.53 Å². The summed E-state index contributed by atoms with van der Waals surface area (Å²) in [7, 11) is 0. The zero-order valence-electron chi connectivity index (χ0n) is 13.4. The Bertz CT molecular complexity index is 742. The molecule has 1 amide bonds. The summed E-state index contributed by atoms with van der Waals surface area (Å²) >= 11 is 5.94. The van der Waals surface area contributed by atoms with Crippen LogP contribution >= 0.6 is 11.6 Å². The van der Waals surface area contributed by atoms with Gasteiger partial charge in [0.2, 0.25) is 0 Å². The number of ether oxygens (including phenoxy) is 1. The van der Waals surface area contributed by atoms with Crippen molar-refractivity contribution in [2.45, 2.75) is 20.8 Å². The molecular formula is C18H19ClN2O2. The molecule has 2 aromatic carbocycles. The standard InChI is InChI=1S/C18H19ClN2O2/c1-12-4-5-15(13(2)8-12)10-20-21-18(22)11-23-16-6-7-17(19)14(3)9-16/h4-10H,11H2,1-3H3,(H,21,22). The van der Waals surface area contributed by atoms with Crippen LogP contribution in [0.3, 0.4) is 0 Å². The predicted molar refractivity (Wildman–Crippen MR) is 93.3 cm³/mol. The Morgan fingerprint density at radius 2 is 1.96 bits per heavy atom. The Morgan fingerprint density at radius 3 is 2.65 bits per heavy atom. The second-order valence-electron chi connectivity index (χ2n) is 5.35. The average molecular weight is 331 g/mol. The monoisotopic (exact) mass is 330 g/mol. The summed E-state index contributed by atoms with van der Waals surface area (Å²) < 4.78 is 5.40. The molecule has 120 valence electrons. The SMILES string of the molecule is Cc1ccc(C=NNC(=O)COc2ccc(Cl)c(C)c2)c(C)c1. The van der Waals surface area contributed by atoms with Gasteiger partial charge in [-0.2, -0.15) is 5.10 Å².